The molecule has 3 aliphatic carbocycles. The lowest BCUT2D eigenvalue weighted by atomic mass is 9.67. The van der Waals surface area contributed by atoms with Crippen molar-refractivity contribution < 1.29 is 4.74 Å². The number of fused-ring (bicyclic) bond motifs is 7. The maximum atomic E-state index is 6.69. The molecule has 0 heterocycles. The van der Waals surface area contributed by atoms with E-state index in [1.165, 1.54) is 124 Å². The molecule has 0 radical (unpaired) electrons. The van der Waals surface area contributed by atoms with E-state index in [0.29, 0.717) is 18.4 Å². The molecule has 0 saturated heterocycles. The Morgan fingerprint density at radius 2 is 0.780 bits per heavy atom. The van der Waals surface area contributed by atoms with Gasteiger partial charge in [-0.1, -0.05) is 287 Å². The summed E-state index contributed by atoms with van der Waals surface area (Å²) in [6, 6.07) is 120. The lowest BCUT2D eigenvalue weighted by Gasteiger charge is -2.36. The van der Waals surface area contributed by atoms with Crippen LogP contribution in [0, 0.1) is 0 Å². The highest BCUT2D eigenvalue weighted by Gasteiger charge is 2.48. The third kappa shape index (κ3) is 9.63. The van der Waals surface area contributed by atoms with Crippen molar-refractivity contribution in [1.82, 2.24) is 0 Å². The van der Waals surface area contributed by atoms with Gasteiger partial charge in [0.25, 0.3) is 0 Å². The van der Waals surface area contributed by atoms with Crippen LogP contribution in [0.2, 0.25) is 0 Å². The van der Waals surface area contributed by atoms with Crippen LogP contribution in [-0.4, -0.2) is 0 Å². The lowest BCUT2D eigenvalue weighted by Crippen LogP contribution is -2.29. The van der Waals surface area contributed by atoms with Gasteiger partial charge in [-0.15, -0.1) is 0 Å². The fraction of sp³-hybridized carbons (Fsp3) is 0.124. The zero-order valence-corrected chi connectivity index (χ0v) is 51.6. The second-order valence-electron chi connectivity index (χ2n) is 25.3. The minimum absolute atomic E-state index is 0.422. The van der Waals surface area contributed by atoms with E-state index in [1.807, 2.05) is 0 Å². The summed E-state index contributed by atoms with van der Waals surface area (Å²) in [6.45, 7) is 5.19. The van der Waals surface area contributed by atoms with Gasteiger partial charge in [-0.05, 0) is 203 Å². The number of anilines is 3. The van der Waals surface area contributed by atoms with Gasteiger partial charge in [0.05, 0.1) is 10.8 Å². The minimum atomic E-state index is -0.657. The summed E-state index contributed by atoms with van der Waals surface area (Å²) in [4.78, 5) is 2.48. The van der Waals surface area contributed by atoms with E-state index in [-0.39, 0.29) is 0 Å². The van der Waals surface area contributed by atoms with Crippen LogP contribution < -0.4 is 9.64 Å². The molecular formula is C89H71NO. The van der Waals surface area contributed by atoms with Gasteiger partial charge in [0.15, 0.2) is 0 Å². The number of nitrogens with zero attached hydrogens (tertiary/aromatic N) is 1. The van der Waals surface area contributed by atoms with Gasteiger partial charge < -0.3 is 9.64 Å². The molecule has 13 aromatic carbocycles. The maximum Gasteiger partial charge on any atom is 0.119 e. The normalized spacial score (nSPS) is 15.2. The number of hydrogen-bond donors (Lipinski definition) is 0. The SMILES string of the molecule is CCC(CC(C)c1ccc(COc2ccc(C3(c4ccccc4)c4ccccc4-c4ccc(N(c5ccc(-c6ccccc6)cc5)c5ccc6c(c5)C(c5ccccc5)(c5ccccc5)c5ccccc5-6)cc43)cc2)cc1)c1ccc(-c2ccc3c(c2)CC3)cc1. The summed E-state index contributed by atoms with van der Waals surface area (Å²) in [5, 5.41) is 0. The Labute approximate surface area is 536 Å². The monoisotopic (exact) mass is 1170 g/mol. The van der Waals surface area contributed by atoms with Gasteiger partial charge in [0.2, 0.25) is 0 Å². The first-order chi connectivity index (χ1) is 44.9. The maximum absolute atomic E-state index is 6.69. The molecule has 3 atom stereocenters. The number of ether oxygens (including phenoxy) is 1. The van der Waals surface area contributed by atoms with E-state index < -0.39 is 10.8 Å². The predicted molar refractivity (Wildman–Crippen MR) is 377 cm³/mol. The number of benzene rings is 13. The van der Waals surface area contributed by atoms with Crippen molar-refractivity contribution in [3.8, 4) is 50.3 Å². The van der Waals surface area contributed by atoms with Crippen LogP contribution in [0.15, 0.2) is 322 Å². The predicted octanol–water partition coefficient (Wildman–Crippen LogP) is 22.6. The molecule has 13 aromatic rings. The molecule has 0 bridgehead atoms. The van der Waals surface area contributed by atoms with Gasteiger partial charge in [0, 0.05) is 17.1 Å². The summed E-state index contributed by atoms with van der Waals surface area (Å²) in [5.41, 5.74) is 28.9. The summed E-state index contributed by atoms with van der Waals surface area (Å²) in [7, 11) is 0. The smallest absolute Gasteiger partial charge is 0.119 e. The number of rotatable bonds is 17. The number of hydrogen-bond acceptors (Lipinski definition) is 2. The first kappa shape index (κ1) is 55.7. The van der Waals surface area contributed by atoms with Crippen LogP contribution in [0.25, 0.3) is 44.5 Å². The van der Waals surface area contributed by atoms with Gasteiger partial charge >= 0.3 is 0 Å². The van der Waals surface area contributed by atoms with Gasteiger partial charge in [-0.2, -0.15) is 0 Å². The molecule has 0 N–H and O–H groups in total. The van der Waals surface area contributed by atoms with Crippen molar-refractivity contribution in [3.05, 3.63) is 394 Å². The van der Waals surface area contributed by atoms with E-state index >= 15 is 0 Å². The molecule has 0 saturated carbocycles. The summed E-state index contributed by atoms with van der Waals surface area (Å²) in [6.07, 6.45) is 4.65. The van der Waals surface area contributed by atoms with Gasteiger partial charge in [-0.25, -0.2) is 0 Å². The first-order valence-electron chi connectivity index (χ1n) is 32.6. The Morgan fingerprint density at radius 3 is 1.30 bits per heavy atom. The summed E-state index contributed by atoms with van der Waals surface area (Å²) >= 11 is 0. The largest absolute Gasteiger partial charge is 0.489 e. The Balaban J connectivity index is 0.741. The van der Waals surface area contributed by atoms with Gasteiger partial charge in [-0.3, -0.25) is 0 Å². The molecule has 0 spiro atoms. The van der Waals surface area contributed by atoms with Gasteiger partial charge in [0.1, 0.15) is 12.4 Å². The van der Waals surface area contributed by atoms with E-state index in [0.717, 1.165) is 41.2 Å². The molecule has 3 unspecified atom stereocenters. The Hall–Kier alpha value is -10.5. The molecule has 0 amide bonds. The average molecular weight is 1170 g/mol. The van der Waals surface area contributed by atoms with Crippen LogP contribution in [-0.2, 0) is 30.3 Å². The topological polar surface area (TPSA) is 12.5 Å². The Kier molecular flexibility index (Phi) is 14.4. The highest BCUT2D eigenvalue weighted by atomic mass is 16.5. The molecule has 3 aliphatic rings. The molecule has 0 aliphatic heterocycles. The second kappa shape index (κ2) is 23.4. The Morgan fingerprint density at radius 1 is 0.352 bits per heavy atom. The molecule has 2 nitrogen and oxygen atoms in total. The first-order valence-corrected chi connectivity index (χ1v) is 32.6. The lowest BCUT2D eigenvalue weighted by molar-refractivity contribution is 0.306. The summed E-state index contributed by atoms with van der Waals surface area (Å²) < 4.78 is 6.69. The highest BCUT2D eigenvalue weighted by Crippen LogP contribution is 2.60. The molecular weight excluding hydrogens is 1100 g/mol. The average Bonchev–Trinajstić information content (AvgIpc) is 1.56. The fourth-order valence-electron chi connectivity index (χ4n) is 15.7. The van der Waals surface area contributed by atoms with E-state index in [1.54, 1.807) is 0 Å². The van der Waals surface area contributed by atoms with Crippen LogP contribution >= 0.6 is 0 Å². The zero-order valence-electron chi connectivity index (χ0n) is 51.6. The minimum Gasteiger partial charge on any atom is -0.489 e. The van der Waals surface area contributed by atoms with Crippen molar-refractivity contribution in [2.75, 3.05) is 4.90 Å². The van der Waals surface area contributed by atoms with Crippen LogP contribution in [0.4, 0.5) is 17.1 Å². The third-order valence-corrected chi connectivity index (χ3v) is 20.4. The van der Waals surface area contributed by atoms with Crippen LogP contribution in [0.5, 0.6) is 5.75 Å². The molecule has 438 valence electrons. The fourth-order valence-corrected chi connectivity index (χ4v) is 15.7. The van der Waals surface area contributed by atoms with Crippen molar-refractivity contribution in [1.29, 1.82) is 0 Å². The van der Waals surface area contributed by atoms with E-state index in [2.05, 4.69) is 340 Å². The molecule has 0 aromatic heterocycles. The van der Waals surface area contributed by atoms with Crippen LogP contribution in [0.3, 0.4) is 0 Å². The molecule has 16 rings (SSSR count). The standard InChI is InChI=1S/C89H71NO/c1-3-63(66-36-38-68(39-37-66)70-42-40-69-41-43-71(69)57-70)56-61(2)64-34-32-62(33-35-64)60-91-79-52-46-75(47-53-79)89(74-26-14-7-15-27-74)85-31-19-17-29-81(85)83-55-51-78(59-87(83)89)90(76-48-44-67(45-49-76)65-20-8-4-9-21-65)77-50-54-82-80-28-16-18-30-84(80)88(86(82)58-77,72-22-10-5-11-23-72)73-24-12-6-13-25-73/h4-40,42,44-55,57-59,61,63H,3,41,43,56,60H2,1-2H3. The Bertz CT molecular complexity index is 4710. The highest BCUT2D eigenvalue weighted by molar-refractivity contribution is 5.92. The van der Waals surface area contributed by atoms with Crippen molar-refractivity contribution >= 4 is 17.1 Å². The molecule has 2 heteroatoms. The number of aryl methyl sites for hydroxylation is 2. The van der Waals surface area contributed by atoms with Crippen LogP contribution in [0.1, 0.15) is 111 Å². The van der Waals surface area contributed by atoms with Crippen molar-refractivity contribution in [2.45, 2.75) is 68.8 Å². The third-order valence-electron chi connectivity index (χ3n) is 20.4. The molecule has 91 heavy (non-hydrogen) atoms. The zero-order chi connectivity index (χ0) is 60.9. The summed E-state index contributed by atoms with van der Waals surface area (Å²) in [5.74, 6) is 1.76. The molecule has 0 fully saturated rings. The van der Waals surface area contributed by atoms with E-state index in [4.69, 9.17) is 4.74 Å². The second-order valence-corrected chi connectivity index (χ2v) is 25.3. The van der Waals surface area contributed by atoms with E-state index in [9.17, 15) is 0 Å². The quantitative estimate of drug-likeness (QED) is 0.0901. The van der Waals surface area contributed by atoms with Crippen molar-refractivity contribution in [3.63, 3.8) is 0 Å². The van der Waals surface area contributed by atoms with Crippen molar-refractivity contribution in [2.24, 2.45) is 0 Å².